The van der Waals surface area contributed by atoms with Crippen LogP contribution in [0.1, 0.15) is 0 Å². The minimum Gasteiger partial charge on any atom is -0.452 e. The number of para-hydroxylation sites is 1. The number of rotatable bonds is 2. The van der Waals surface area contributed by atoms with Gasteiger partial charge in [-0.3, -0.25) is 0 Å². The smallest absolute Gasteiger partial charge is 0.181 e. The highest BCUT2D eigenvalue weighted by molar-refractivity contribution is 6.22. The first kappa shape index (κ1) is 19.5. The van der Waals surface area contributed by atoms with Crippen molar-refractivity contribution < 1.29 is 8.83 Å². The summed E-state index contributed by atoms with van der Waals surface area (Å²) < 4.78 is 12.6. The number of benzene rings is 6. The molecule has 6 aromatic carbocycles. The van der Waals surface area contributed by atoms with Gasteiger partial charge in [0.05, 0.1) is 10.8 Å². The van der Waals surface area contributed by atoms with Gasteiger partial charge in [0.25, 0.3) is 0 Å². The fourth-order valence-electron chi connectivity index (χ4n) is 5.72. The molecule has 0 radical (unpaired) electrons. The Balaban J connectivity index is 1.46. The van der Waals surface area contributed by atoms with Crippen LogP contribution in [0, 0.1) is 0 Å². The van der Waals surface area contributed by atoms with Gasteiger partial charge >= 0.3 is 0 Å². The van der Waals surface area contributed by atoms with E-state index in [0.29, 0.717) is 0 Å². The molecule has 2 heterocycles. The highest BCUT2D eigenvalue weighted by atomic mass is 16.4. The van der Waals surface area contributed by atoms with Gasteiger partial charge in [0.15, 0.2) is 11.2 Å². The number of hydrogen-bond donors (Lipinski definition) is 0. The van der Waals surface area contributed by atoms with E-state index in [2.05, 4.69) is 97.1 Å². The summed E-state index contributed by atoms with van der Waals surface area (Å²) in [6.07, 6.45) is 0. The fourth-order valence-corrected chi connectivity index (χ4v) is 5.72. The van der Waals surface area contributed by atoms with Crippen molar-refractivity contribution in [3.8, 4) is 22.3 Å². The van der Waals surface area contributed by atoms with E-state index in [1.54, 1.807) is 0 Å². The summed E-state index contributed by atoms with van der Waals surface area (Å²) in [7, 11) is 0. The standard InChI is InChI=1S/C34H20O2/c1-2-10-21(11-3-1)31-23-12-4-6-14-25(23)32(26-15-7-5-13-24(26)31)22-18-19-28-30(20-22)36-33-27-16-8-9-17-29(27)35-34(28)33/h1-20H. The van der Waals surface area contributed by atoms with Gasteiger partial charge < -0.3 is 8.83 Å². The molecule has 0 spiro atoms. The molecule has 0 atom stereocenters. The molecule has 36 heavy (non-hydrogen) atoms. The molecular weight excluding hydrogens is 440 g/mol. The van der Waals surface area contributed by atoms with Crippen LogP contribution < -0.4 is 0 Å². The molecule has 0 amide bonds. The van der Waals surface area contributed by atoms with Gasteiger partial charge in [-0.2, -0.15) is 0 Å². The molecule has 0 aliphatic carbocycles. The summed E-state index contributed by atoms with van der Waals surface area (Å²) in [4.78, 5) is 0. The Hall–Kier alpha value is -4.82. The van der Waals surface area contributed by atoms with Crippen molar-refractivity contribution in [2.24, 2.45) is 0 Å². The summed E-state index contributed by atoms with van der Waals surface area (Å²) >= 11 is 0. The molecular formula is C34H20O2. The van der Waals surface area contributed by atoms with E-state index >= 15 is 0 Å². The van der Waals surface area contributed by atoms with Crippen molar-refractivity contribution in [1.82, 2.24) is 0 Å². The Kier molecular flexibility index (Phi) is 3.97. The van der Waals surface area contributed by atoms with Crippen LogP contribution in [0.3, 0.4) is 0 Å². The molecule has 8 rings (SSSR count). The Bertz CT molecular complexity index is 2030. The Morgan fingerprint density at radius 2 is 0.806 bits per heavy atom. The average molecular weight is 461 g/mol. The van der Waals surface area contributed by atoms with Crippen LogP contribution in [0.15, 0.2) is 130 Å². The maximum Gasteiger partial charge on any atom is 0.181 e. The van der Waals surface area contributed by atoms with Crippen LogP contribution in [-0.4, -0.2) is 0 Å². The molecule has 0 saturated heterocycles. The molecule has 2 aromatic heterocycles. The van der Waals surface area contributed by atoms with E-state index in [1.807, 2.05) is 24.3 Å². The maximum atomic E-state index is 6.39. The summed E-state index contributed by atoms with van der Waals surface area (Å²) in [5, 5.41) is 6.96. The largest absolute Gasteiger partial charge is 0.452 e. The zero-order valence-corrected chi connectivity index (χ0v) is 19.4. The molecule has 0 bridgehead atoms. The number of fused-ring (bicyclic) bond motifs is 7. The van der Waals surface area contributed by atoms with Crippen molar-refractivity contribution in [2.75, 3.05) is 0 Å². The van der Waals surface area contributed by atoms with Gasteiger partial charge in [-0.25, -0.2) is 0 Å². The van der Waals surface area contributed by atoms with Gasteiger partial charge in [0.2, 0.25) is 0 Å². The summed E-state index contributed by atoms with van der Waals surface area (Å²) in [5.74, 6) is 0. The lowest BCUT2D eigenvalue weighted by molar-refractivity contribution is 0.653. The molecule has 0 aliphatic heterocycles. The van der Waals surface area contributed by atoms with Gasteiger partial charge in [-0.1, -0.05) is 97.1 Å². The SMILES string of the molecule is c1ccc(-c2c3ccccc3c(-c3ccc4c(c3)oc3c5ccccc5oc43)c3ccccc23)cc1. The number of furan rings is 2. The molecule has 0 unspecified atom stereocenters. The molecule has 0 N–H and O–H groups in total. The van der Waals surface area contributed by atoms with Crippen LogP contribution in [-0.2, 0) is 0 Å². The first-order chi connectivity index (χ1) is 17.9. The minimum atomic E-state index is 0.812. The van der Waals surface area contributed by atoms with Crippen molar-refractivity contribution >= 4 is 54.6 Å². The van der Waals surface area contributed by atoms with Crippen molar-refractivity contribution in [3.63, 3.8) is 0 Å². The molecule has 2 nitrogen and oxygen atoms in total. The van der Waals surface area contributed by atoms with E-state index in [-0.39, 0.29) is 0 Å². The average Bonchev–Trinajstić information content (AvgIpc) is 3.48. The van der Waals surface area contributed by atoms with E-state index in [0.717, 1.165) is 38.7 Å². The van der Waals surface area contributed by atoms with E-state index in [9.17, 15) is 0 Å². The third-order valence-corrected chi connectivity index (χ3v) is 7.27. The van der Waals surface area contributed by atoms with E-state index in [1.165, 1.54) is 38.2 Å². The first-order valence-electron chi connectivity index (χ1n) is 12.2. The highest BCUT2D eigenvalue weighted by Gasteiger charge is 2.19. The van der Waals surface area contributed by atoms with E-state index < -0.39 is 0 Å². The normalized spacial score (nSPS) is 11.9. The zero-order chi connectivity index (χ0) is 23.6. The lowest BCUT2D eigenvalue weighted by Gasteiger charge is -2.17. The molecule has 0 aliphatic rings. The summed E-state index contributed by atoms with van der Waals surface area (Å²) in [6, 6.07) is 42.6. The van der Waals surface area contributed by atoms with E-state index in [4.69, 9.17) is 8.83 Å². The number of hydrogen-bond acceptors (Lipinski definition) is 2. The Labute approximate surface area is 207 Å². The lowest BCUT2D eigenvalue weighted by atomic mass is 9.86. The zero-order valence-electron chi connectivity index (χ0n) is 19.4. The molecule has 8 aromatic rings. The lowest BCUT2D eigenvalue weighted by Crippen LogP contribution is -1.90. The van der Waals surface area contributed by atoms with Gasteiger partial charge in [0, 0.05) is 0 Å². The molecule has 0 saturated carbocycles. The maximum absolute atomic E-state index is 6.39. The van der Waals surface area contributed by atoms with Gasteiger partial charge in [0.1, 0.15) is 11.2 Å². The topological polar surface area (TPSA) is 26.3 Å². The quantitative estimate of drug-likeness (QED) is 0.240. The highest BCUT2D eigenvalue weighted by Crippen LogP contribution is 2.45. The Morgan fingerprint density at radius 3 is 1.44 bits per heavy atom. The fraction of sp³-hybridized carbons (Fsp3) is 0. The van der Waals surface area contributed by atoms with Crippen molar-refractivity contribution in [1.29, 1.82) is 0 Å². The van der Waals surface area contributed by atoms with Crippen LogP contribution in [0.2, 0.25) is 0 Å². The second kappa shape index (κ2) is 7.34. The van der Waals surface area contributed by atoms with Crippen molar-refractivity contribution in [3.05, 3.63) is 121 Å². The summed E-state index contributed by atoms with van der Waals surface area (Å²) in [5.41, 5.74) is 8.17. The second-order valence-corrected chi connectivity index (χ2v) is 9.28. The molecule has 168 valence electrons. The Morgan fingerprint density at radius 1 is 0.333 bits per heavy atom. The predicted molar refractivity (Wildman–Crippen MR) is 149 cm³/mol. The van der Waals surface area contributed by atoms with Crippen LogP contribution in [0.25, 0.3) is 76.9 Å². The molecule has 0 fully saturated rings. The van der Waals surface area contributed by atoms with Gasteiger partial charge in [-0.15, -0.1) is 0 Å². The van der Waals surface area contributed by atoms with Crippen LogP contribution >= 0.6 is 0 Å². The first-order valence-corrected chi connectivity index (χ1v) is 12.2. The predicted octanol–water partition coefficient (Wildman–Crippen LogP) is 9.97. The summed E-state index contributed by atoms with van der Waals surface area (Å²) in [6.45, 7) is 0. The minimum absolute atomic E-state index is 0.812. The monoisotopic (exact) mass is 460 g/mol. The van der Waals surface area contributed by atoms with Crippen LogP contribution in [0.4, 0.5) is 0 Å². The van der Waals surface area contributed by atoms with Gasteiger partial charge in [-0.05, 0) is 68.1 Å². The second-order valence-electron chi connectivity index (χ2n) is 9.28. The molecule has 2 heteroatoms. The third-order valence-electron chi connectivity index (χ3n) is 7.27. The van der Waals surface area contributed by atoms with Crippen LogP contribution in [0.5, 0.6) is 0 Å². The third kappa shape index (κ3) is 2.67. The van der Waals surface area contributed by atoms with Crippen molar-refractivity contribution in [2.45, 2.75) is 0 Å².